The Morgan fingerprint density at radius 2 is 2.15 bits per heavy atom. The molecule has 0 radical (unpaired) electrons. The molecule has 6 heteroatoms. The Morgan fingerprint density at radius 3 is 2.46 bits per heavy atom. The van der Waals surface area contributed by atoms with Gasteiger partial charge in [0, 0.05) is 5.92 Å². The molecule has 74 valence electrons. The maximum Gasteiger partial charge on any atom is 0.301 e. The molecule has 0 saturated carbocycles. The van der Waals surface area contributed by atoms with Gasteiger partial charge in [0.1, 0.15) is 0 Å². The summed E-state index contributed by atoms with van der Waals surface area (Å²) >= 11 is 0. The first-order valence-electron chi connectivity index (χ1n) is 3.64. The van der Waals surface area contributed by atoms with Crippen LogP contribution in [0.15, 0.2) is 23.9 Å². The molecule has 0 fully saturated rings. The van der Waals surface area contributed by atoms with Gasteiger partial charge in [-0.15, -0.1) is 0 Å². The van der Waals surface area contributed by atoms with Crippen molar-refractivity contribution in [2.24, 2.45) is 11.7 Å². The fraction of sp³-hybridized carbons (Fsp3) is 0.429. The third-order valence-corrected chi connectivity index (χ3v) is 3.49. The highest BCUT2D eigenvalue weighted by Gasteiger charge is 2.48. The van der Waals surface area contributed by atoms with Gasteiger partial charge in [0.05, 0.1) is 5.70 Å². The average Bonchev–Trinajstić information content (AvgIpc) is 1.97. The normalized spacial score (nSPS) is 34.4. The van der Waals surface area contributed by atoms with Crippen LogP contribution in [0.5, 0.6) is 0 Å². The zero-order valence-electron chi connectivity index (χ0n) is 7.01. The van der Waals surface area contributed by atoms with Gasteiger partial charge < -0.3 is 10.8 Å². The molecule has 2 unspecified atom stereocenters. The van der Waals surface area contributed by atoms with Crippen molar-refractivity contribution in [3.63, 3.8) is 0 Å². The van der Waals surface area contributed by atoms with Gasteiger partial charge in [-0.3, -0.25) is 4.55 Å². The first-order valence-corrected chi connectivity index (χ1v) is 5.08. The topological polar surface area (TPSA) is 101 Å². The summed E-state index contributed by atoms with van der Waals surface area (Å²) in [4.78, 5) is -2.39. The summed E-state index contributed by atoms with van der Waals surface area (Å²) in [5, 5.41) is 9.66. The van der Waals surface area contributed by atoms with Crippen molar-refractivity contribution in [2.75, 3.05) is 0 Å². The predicted molar refractivity (Wildman–Crippen MR) is 47.1 cm³/mol. The lowest BCUT2D eigenvalue weighted by Crippen LogP contribution is -2.49. The van der Waals surface area contributed by atoms with Crippen LogP contribution in [0.4, 0.5) is 0 Å². The Hall–Kier alpha value is -0.850. The van der Waals surface area contributed by atoms with E-state index in [2.05, 4.69) is 0 Å². The monoisotopic (exact) mass is 205 g/mol. The van der Waals surface area contributed by atoms with E-state index < -0.39 is 21.0 Å². The second-order valence-electron chi connectivity index (χ2n) is 2.97. The lowest BCUT2D eigenvalue weighted by atomic mass is 9.96. The maximum atomic E-state index is 10.9. The van der Waals surface area contributed by atoms with Crippen LogP contribution in [-0.2, 0) is 10.1 Å². The van der Waals surface area contributed by atoms with Crippen molar-refractivity contribution in [2.45, 2.75) is 11.9 Å². The molecule has 0 aromatic rings. The molecule has 0 saturated heterocycles. The number of nitrogens with two attached hydrogens (primary N) is 1. The zero-order valence-corrected chi connectivity index (χ0v) is 7.82. The molecule has 2 atom stereocenters. The molecule has 0 bridgehead atoms. The van der Waals surface area contributed by atoms with Crippen LogP contribution in [0.3, 0.4) is 0 Å². The Bertz CT molecular complexity index is 370. The molecule has 0 aromatic carbocycles. The molecule has 0 heterocycles. The quantitative estimate of drug-likeness (QED) is 0.506. The first kappa shape index (κ1) is 10.2. The lowest BCUT2D eigenvalue weighted by Gasteiger charge is -2.31. The van der Waals surface area contributed by atoms with Gasteiger partial charge in [0.2, 0.25) is 4.93 Å². The first-order chi connectivity index (χ1) is 5.80. The van der Waals surface area contributed by atoms with E-state index in [1.54, 1.807) is 0 Å². The van der Waals surface area contributed by atoms with Gasteiger partial charge in [0.25, 0.3) is 0 Å². The molecule has 0 aliphatic heterocycles. The Kier molecular flexibility index (Phi) is 2.23. The van der Waals surface area contributed by atoms with Crippen LogP contribution >= 0.6 is 0 Å². The van der Waals surface area contributed by atoms with E-state index in [4.69, 9.17) is 10.3 Å². The third-order valence-electron chi connectivity index (χ3n) is 2.10. The second-order valence-corrected chi connectivity index (χ2v) is 4.54. The Labute approximate surface area is 76.3 Å². The summed E-state index contributed by atoms with van der Waals surface area (Å²) in [5.74, 6) is -0.771. The number of hydrogen-bond donors (Lipinski definition) is 3. The molecule has 1 aliphatic rings. The van der Waals surface area contributed by atoms with Crippen LogP contribution in [0.25, 0.3) is 0 Å². The van der Waals surface area contributed by atoms with E-state index in [0.29, 0.717) is 0 Å². The SMILES string of the molecule is CC1C=CC=C(N)C1(O)S(=O)(=O)O. The summed E-state index contributed by atoms with van der Waals surface area (Å²) in [6.07, 6.45) is 4.22. The highest BCUT2D eigenvalue weighted by molar-refractivity contribution is 7.87. The zero-order chi connectivity index (χ0) is 10.3. The largest absolute Gasteiger partial charge is 0.399 e. The van der Waals surface area contributed by atoms with E-state index in [0.717, 1.165) is 0 Å². The number of allylic oxidation sites excluding steroid dienone is 2. The molecule has 4 N–H and O–H groups in total. The van der Waals surface area contributed by atoms with Gasteiger partial charge in [-0.1, -0.05) is 19.1 Å². The highest BCUT2D eigenvalue weighted by atomic mass is 32.2. The Balaban J connectivity index is 3.31. The number of rotatable bonds is 1. The van der Waals surface area contributed by atoms with Crippen molar-refractivity contribution in [3.8, 4) is 0 Å². The molecule has 0 amide bonds. The summed E-state index contributed by atoms with van der Waals surface area (Å²) in [5.41, 5.74) is 5.04. The maximum absolute atomic E-state index is 10.9. The van der Waals surface area contributed by atoms with Gasteiger partial charge in [-0.2, -0.15) is 8.42 Å². The van der Waals surface area contributed by atoms with E-state index in [9.17, 15) is 13.5 Å². The van der Waals surface area contributed by atoms with Crippen molar-refractivity contribution < 1.29 is 18.1 Å². The fourth-order valence-corrected chi connectivity index (χ4v) is 2.14. The molecule has 0 spiro atoms. The summed E-state index contributed by atoms with van der Waals surface area (Å²) in [7, 11) is -4.61. The second kappa shape index (κ2) is 2.83. The minimum Gasteiger partial charge on any atom is -0.399 e. The number of hydrogen-bond acceptors (Lipinski definition) is 4. The molecule has 0 aromatic heterocycles. The predicted octanol–water partition coefficient (Wildman–Crippen LogP) is -0.389. The van der Waals surface area contributed by atoms with Crippen LogP contribution in [0.2, 0.25) is 0 Å². The van der Waals surface area contributed by atoms with Crippen molar-refractivity contribution in [1.82, 2.24) is 0 Å². The summed E-state index contributed by atoms with van der Waals surface area (Å²) in [6.45, 7) is 1.45. The van der Waals surface area contributed by atoms with E-state index in [1.807, 2.05) is 0 Å². The van der Waals surface area contributed by atoms with Gasteiger partial charge in [-0.25, -0.2) is 0 Å². The Morgan fingerprint density at radius 1 is 1.62 bits per heavy atom. The third kappa shape index (κ3) is 1.37. The molecular formula is C7H11NO4S. The average molecular weight is 205 g/mol. The fourth-order valence-electron chi connectivity index (χ4n) is 1.22. The molecular weight excluding hydrogens is 194 g/mol. The van der Waals surface area contributed by atoms with Crippen molar-refractivity contribution >= 4 is 10.1 Å². The smallest absolute Gasteiger partial charge is 0.301 e. The van der Waals surface area contributed by atoms with Crippen molar-refractivity contribution in [1.29, 1.82) is 0 Å². The van der Waals surface area contributed by atoms with Crippen LogP contribution < -0.4 is 5.73 Å². The van der Waals surface area contributed by atoms with Gasteiger partial charge in [0.15, 0.2) is 0 Å². The molecule has 1 rings (SSSR count). The van der Waals surface area contributed by atoms with Gasteiger partial charge >= 0.3 is 10.1 Å². The van der Waals surface area contributed by atoms with Gasteiger partial charge in [-0.05, 0) is 6.08 Å². The summed E-state index contributed by atoms with van der Waals surface area (Å²) in [6, 6.07) is 0. The lowest BCUT2D eigenvalue weighted by molar-refractivity contribution is 0.110. The van der Waals surface area contributed by atoms with Crippen LogP contribution in [-0.4, -0.2) is 23.0 Å². The van der Waals surface area contributed by atoms with E-state index in [-0.39, 0.29) is 5.70 Å². The number of aliphatic hydroxyl groups is 1. The van der Waals surface area contributed by atoms with Crippen molar-refractivity contribution in [3.05, 3.63) is 23.9 Å². The molecule has 13 heavy (non-hydrogen) atoms. The summed E-state index contributed by atoms with van der Waals surface area (Å²) < 4.78 is 30.6. The minimum atomic E-state index is -4.61. The molecule has 1 aliphatic carbocycles. The van der Waals surface area contributed by atoms with E-state index in [1.165, 1.54) is 25.2 Å². The van der Waals surface area contributed by atoms with E-state index >= 15 is 0 Å². The van der Waals surface area contributed by atoms with Crippen LogP contribution in [0, 0.1) is 5.92 Å². The standard InChI is InChI=1S/C7H11NO4S/c1-5-3-2-4-6(8)7(5,9)13(10,11)12/h2-5,9H,8H2,1H3,(H,10,11,12). The minimum absolute atomic E-state index is 0.273. The highest BCUT2D eigenvalue weighted by Crippen LogP contribution is 2.32. The van der Waals surface area contributed by atoms with Crippen LogP contribution in [0.1, 0.15) is 6.92 Å². The molecule has 5 nitrogen and oxygen atoms in total.